The Morgan fingerprint density at radius 3 is 1.77 bits per heavy atom. The molecule has 0 radical (unpaired) electrons. The van der Waals surface area contributed by atoms with E-state index in [1.165, 1.54) is 38.5 Å². The van der Waals surface area contributed by atoms with Gasteiger partial charge in [-0.25, -0.2) is 0 Å². The summed E-state index contributed by atoms with van der Waals surface area (Å²) < 4.78 is 22.1. The molecule has 4 heteroatoms. The quantitative estimate of drug-likeness (QED) is 0.218. The summed E-state index contributed by atoms with van der Waals surface area (Å²) in [6, 6.07) is 0. The zero-order valence-electron chi connectivity index (χ0n) is 15.1. The number of methoxy groups -OCH3 is 1. The molecule has 22 heavy (non-hydrogen) atoms. The Labute approximate surface area is 137 Å². The van der Waals surface area contributed by atoms with Gasteiger partial charge in [0.05, 0.1) is 13.2 Å². The van der Waals surface area contributed by atoms with Crippen molar-refractivity contribution in [3.8, 4) is 0 Å². The van der Waals surface area contributed by atoms with Gasteiger partial charge in [-0.15, -0.1) is 0 Å². The summed E-state index contributed by atoms with van der Waals surface area (Å²) in [5.74, 6) is 1.29. The van der Waals surface area contributed by atoms with E-state index in [2.05, 4.69) is 20.8 Å². The number of hydrogen-bond donors (Lipinski definition) is 0. The smallest absolute Gasteiger partial charge is 0.321 e. The average molecular weight is 316 g/mol. The second-order valence-corrected chi connectivity index (χ2v) is 5.43. The summed E-state index contributed by atoms with van der Waals surface area (Å²) in [5, 5.41) is 0. The maximum Gasteiger partial charge on any atom is 0.321 e. The molecule has 0 amide bonds. The van der Waals surface area contributed by atoms with E-state index in [-0.39, 0.29) is 6.79 Å². The Kier molecular flexibility index (Phi) is 15.8. The summed E-state index contributed by atoms with van der Waals surface area (Å²) in [5.41, 5.74) is 0. The third-order valence-corrected chi connectivity index (χ3v) is 3.36. The molecule has 4 nitrogen and oxygen atoms in total. The van der Waals surface area contributed by atoms with Crippen molar-refractivity contribution in [2.75, 3.05) is 27.1 Å². The van der Waals surface area contributed by atoms with Crippen LogP contribution in [0.25, 0.3) is 0 Å². The molecule has 0 aromatic carbocycles. The van der Waals surface area contributed by atoms with Crippen LogP contribution in [-0.4, -0.2) is 27.1 Å². The van der Waals surface area contributed by atoms with Crippen molar-refractivity contribution in [3.05, 3.63) is 11.7 Å². The Morgan fingerprint density at radius 2 is 1.27 bits per heavy atom. The van der Waals surface area contributed by atoms with Crippen LogP contribution in [0.5, 0.6) is 0 Å². The fourth-order valence-electron chi connectivity index (χ4n) is 2.04. The summed E-state index contributed by atoms with van der Waals surface area (Å²) in [6.07, 6.45) is 10.2. The predicted octanol–water partition coefficient (Wildman–Crippen LogP) is 5.38. The van der Waals surface area contributed by atoms with Crippen LogP contribution in [-0.2, 0) is 18.9 Å². The summed E-state index contributed by atoms with van der Waals surface area (Å²) in [6.45, 7) is 8.05. The summed E-state index contributed by atoms with van der Waals surface area (Å²) in [7, 11) is 1.61. The fraction of sp³-hybridized carbons (Fsp3) is 0.889. The molecule has 0 rings (SSSR count). The molecule has 0 atom stereocenters. The topological polar surface area (TPSA) is 36.9 Å². The lowest BCUT2D eigenvalue weighted by molar-refractivity contribution is -0.0689. The lowest BCUT2D eigenvalue weighted by atomic mass is 10.2. The number of allylic oxidation sites excluding steroid dienone is 1. The van der Waals surface area contributed by atoms with Gasteiger partial charge < -0.3 is 18.9 Å². The zero-order chi connectivity index (χ0) is 16.5. The average Bonchev–Trinajstić information content (AvgIpc) is 2.54. The van der Waals surface area contributed by atoms with E-state index < -0.39 is 0 Å². The van der Waals surface area contributed by atoms with Crippen LogP contribution in [0.1, 0.15) is 78.6 Å². The van der Waals surface area contributed by atoms with Gasteiger partial charge in [-0.05, 0) is 12.8 Å². The highest BCUT2D eigenvalue weighted by Crippen LogP contribution is 2.16. The van der Waals surface area contributed by atoms with Crippen molar-refractivity contribution in [1.82, 2.24) is 0 Å². The molecule has 0 aliphatic rings. The Balaban J connectivity index is 4.27. The fourth-order valence-corrected chi connectivity index (χ4v) is 2.04. The molecule has 0 spiro atoms. The molecule has 0 saturated carbocycles. The van der Waals surface area contributed by atoms with Gasteiger partial charge >= 0.3 is 5.95 Å². The minimum absolute atomic E-state index is 0.187. The van der Waals surface area contributed by atoms with Crippen molar-refractivity contribution in [2.45, 2.75) is 78.6 Å². The van der Waals surface area contributed by atoms with Gasteiger partial charge in [0.25, 0.3) is 0 Å². The highest BCUT2D eigenvalue weighted by molar-refractivity contribution is 4.94. The van der Waals surface area contributed by atoms with Crippen LogP contribution in [0.4, 0.5) is 0 Å². The van der Waals surface area contributed by atoms with Gasteiger partial charge in [0.15, 0.2) is 12.6 Å². The van der Waals surface area contributed by atoms with E-state index >= 15 is 0 Å². The van der Waals surface area contributed by atoms with Gasteiger partial charge in [0.1, 0.15) is 0 Å². The monoisotopic (exact) mass is 316 g/mol. The number of ether oxygens (including phenoxy) is 4. The van der Waals surface area contributed by atoms with Crippen LogP contribution in [0.2, 0.25) is 0 Å². The first kappa shape index (κ1) is 21.1. The minimum Gasteiger partial charge on any atom is -0.491 e. The van der Waals surface area contributed by atoms with E-state index in [1.54, 1.807) is 7.11 Å². The molecule has 0 aromatic rings. The van der Waals surface area contributed by atoms with E-state index in [0.29, 0.717) is 12.6 Å². The molecule has 0 aromatic heterocycles. The second-order valence-electron chi connectivity index (χ2n) is 5.43. The first-order valence-corrected chi connectivity index (χ1v) is 8.90. The molecule has 0 saturated heterocycles. The van der Waals surface area contributed by atoms with E-state index in [1.807, 2.05) is 0 Å². The molecule has 0 heterocycles. The highest BCUT2D eigenvalue weighted by Gasteiger charge is 2.10. The van der Waals surface area contributed by atoms with Gasteiger partial charge in [-0.1, -0.05) is 59.3 Å². The molecule has 0 unspecified atom stereocenters. The predicted molar refractivity (Wildman–Crippen MR) is 90.5 cm³/mol. The van der Waals surface area contributed by atoms with Crippen LogP contribution in [0, 0.1) is 0 Å². The van der Waals surface area contributed by atoms with Gasteiger partial charge in [-0.2, -0.15) is 0 Å². The molecule has 0 aliphatic carbocycles. The van der Waals surface area contributed by atoms with Crippen LogP contribution in [0.15, 0.2) is 11.7 Å². The third kappa shape index (κ3) is 11.7. The number of unbranched alkanes of at least 4 members (excludes halogenated alkanes) is 6. The van der Waals surface area contributed by atoms with Crippen molar-refractivity contribution in [3.63, 3.8) is 0 Å². The summed E-state index contributed by atoms with van der Waals surface area (Å²) >= 11 is 0. The largest absolute Gasteiger partial charge is 0.491 e. The SMILES string of the molecule is CCCCCCOC(CC)=C(OCCCCCC)OCOC. The van der Waals surface area contributed by atoms with Crippen LogP contribution < -0.4 is 0 Å². The van der Waals surface area contributed by atoms with Gasteiger partial charge in [-0.3, -0.25) is 0 Å². The van der Waals surface area contributed by atoms with Crippen molar-refractivity contribution >= 4 is 0 Å². The molecule has 0 bridgehead atoms. The number of hydrogen-bond acceptors (Lipinski definition) is 4. The molecule has 0 N–H and O–H groups in total. The van der Waals surface area contributed by atoms with Crippen molar-refractivity contribution in [1.29, 1.82) is 0 Å². The van der Waals surface area contributed by atoms with E-state index in [0.717, 1.165) is 31.6 Å². The summed E-state index contributed by atoms with van der Waals surface area (Å²) in [4.78, 5) is 0. The van der Waals surface area contributed by atoms with Crippen molar-refractivity contribution in [2.24, 2.45) is 0 Å². The first-order valence-electron chi connectivity index (χ1n) is 8.90. The lowest BCUT2D eigenvalue weighted by Gasteiger charge is -2.16. The van der Waals surface area contributed by atoms with E-state index in [4.69, 9.17) is 18.9 Å². The highest BCUT2D eigenvalue weighted by atomic mass is 16.7. The molecule has 0 aliphatic heterocycles. The Hall–Kier alpha value is -0.900. The second kappa shape index (κ2) is 16.5. The standard InChI is InChI=1S/C18H36O4/c1-5-8-10-12-14-20-17(7-3)18(22-16-19-4)21-15-13-11-9-6-2/h5-16H2,1-4H3. The van der Waals surface area contributed by atoms with Crippen LogP contribution >= 0.6 is 0 Å². The number of rotatable bonds is 16. The van der Waals surface area contributed by atoms with E-state index in [9.17, 15) is 0 Å². The molecule has 132 valence electrons. The lowest BCUT2D eigenvalue weighted by Crippen LogP contribution is -2.08. The molecular weight excluding hydrogens is 280 g/mol. The minimum atomic E-state index is 0.187. The zero-order valence-corrected chi connectivity index (χ0v) is 15.1. The maximum atomic E-state index is 5.85. The van der Waals surface area contributed by atoms with Gasteiger partial charge in [0, 0.05) is 13.5 Å². The molecular formula is C18H36O4. The third-order valence-electron chi connectivity index (χ3n) is 3.36. The Bertz CT molecular complexity index is 264. The normalized spacial score (nSPS) is 12.0. The van der Waals surface area contributed by atoms with Crippen LogP contribution in [0.3, 0.4) is 0 Å². The molecule has 0 fully saturated rings. The first-order chi connectivity index (χ1) is 10.8. The maximum absolute atomic E-state index is 5.85. The van der Waals surface area contributed by atoms with Gasteiger partial charge in [0.2, 0.25) is 0 Å². The Morgan fingerprint density at radius 1 is 0.682 bits per heavy atom. The van der Waals surface area contributed by atoms with Crippen molar-refractivity contribution < 1.29 is 18.9 Å².